The summed E-state index contributed by atoms with van der Waals surface area (Å²) in [6, 6.07) is 5.49. The highest BCUT2D eigenvalue weighted by atomic mass is 16.1. The van der Waals surface area contributed by atoms with Crippen molar-refractivity contribution in [3.05, 3.63) is 23.8 Å². The lowest BCUT2D eigenvalue weighted by Crippen LogP contribution is -2.23. The van der Waals surface area contributed by atoms with Gasteiger partial charge in [-0.2, -0.15) is 0 Å². The predicted molar refractivity (Wildman–Crippen MR) is 64.4 cm³/mol. The molecule has 0 radical (unpaired) electrons. The molecule has 0 atom stereocenters. The number of nitrogens with two attached hydrogens (primary N) is 1. The summed E-state index contributed by atoms with van der Waals surface area (Å²) in [5.41, 5.74) is 8.26. The monoisotopic (exact) mass is 206 g/mol. The molecule has 15 heavy (non-hydrogen) atoms. The number of nitrogen functional groups attached to an aromatic ring is 1. The van der Waals surface area contributed by atoms with Crippen LogP contribution in [0, 0.1) is 0 Å². The molecular formula is C12H18N2O. The van der Waals surface area contributed by atoms with Gasteiger partial charge in [0, 0.05) is 18.7 Å². The maximum atomic E-state index is 11.1. The van der Waals surface area contributed by atoms with Gasteiger partial charge in [0.25, 0.3) is 0 Å². The van der Waals surface area contributed by atoms with Crippen LogP contribution in [0.1, 0.15) is 31.1 Å². The number of ketones is 1. The Morgan fingerprint density at radius 2 is 1.93 bits per heavy atom. The highest BCUT2D eigenvalue weighted by molar-refractivity contribution is 5.96. The van der Waals surface area contributed by atoms with Crippen molar-refractivity contribution in [1.82, 2.24) is 0 Å². The summed E-state index contributed by atoms with van der Waals surface area (Å²) in [6.45, 7) is 7.55. The molecule has 0 fully saturated rings. The van der Waals surface area contributed by atoms with Crippen LogP contribution in [0.2, 0.25) is 0 Å². The van der Waals surface area contributed by atoms with E-state index >= 15 is 0 Å². The van der Waals surface area contributed by atoms with Gasteiger partial charge in [-0.05, 0) is 39.0 Å². The molecule has 0 aliphatic heterocycles. The normalized spacial score (nSPS) is 10.1. The first-order valence-corrected chi connectivity index (χ1v) is 5.25. The minimum Gasteiger partial charge on any atom is -0.397 e. The molecule has 1 rings (SSSR count). The predicted octanol–water partition coefficient (Wildman–Crippen LogP) is 2.32. The lowest BCUT2D eigenvalue weighted by atomic mass is 10.1. The van der Waals surface area contributed by atoms with Crippen LogP contribution < -0.4 is 10.6 Å². The minimum absolute atomic E-state index is 0.0489. The maximum absolute atomic E-state index is 11.1. The molecule has 0 aromatic heterocycles. The van der Waals surface area contributed by atoms with Gasteiger partial charge in [-0.15, -0.1) is 0 Å². The van der Waals surface area contributed by atoms with Crippen molar-refractivity contribution in [1.29, 1.82) is 0 Å². The smallest absolute Gasteiger partial charge is 0.159 e. The first-order chi connectivity index (χ1) is 7.10. The molecule has 0 spiro atoms. The summed E-state index contributed by atoms with van der Waals surface area (Å²) in [7, 11) is 0. The standard InChI is InChI=1S/C12H18N2O/c1-4-14(5-2)12-7-6-10(9(3)15)8-11(12)13/h6-8H,4-5,13H2,1-3H3. The second kappa shape index (κ2) is 4.82. The van der Waals surface area contributed by atoms with E-state index in [1.54, 1.807) is 13.0 Å². The van der Waals surface area contributed by atoms with Crippen LogP contribution >= 0.6 is 0 Å². The van der Waals surface area contributed by atoms with Crippen molar-refractivity contribution in [2.45, 2.75) is 20.8 Å². The van der Waals surface area contributed by atoms with Crippen LogP contribution in [0.15, 0.2) is 18.2 Å². The molecule has 0 saturated heterocycles. The molecule has 0 unspecified atom stereocenters. The molecule has 82 valence electrons. The number of benzene rings is 1. The van der Waals surface area contributed by atoms with Crippen molar-refractivity contribution < 1.29 is 4.79 Å². The average molecular weight is 206 g/mol. The van der Waals surface area contributed by atoms with E-state index in [2.05, 4.69) is 18.7 Å². The third kappa shape index (κ3) is 2.49. The van der Waals surface area contributed by atoms with E-state index in [-0.39, 0.29) is 5.78 Å². The second-order valence-electron chi connectivity index (χ2n) is 3.50. The Labute approximate surface area is 90.9 Å². The molecule has 0 aliphatic carbocycles. The van der Waals surface area contributed by atoms with Gasteiger partial charge in [-0.3, -0.25) is 4.79 Å². The van der Waals surface area contributed by atoms with Crippen molar-refractivity contribution in [3.63, 3.8) is 0 Å². The van der Waals surface area contributed by atoms with Gasteiger partial charge in [0.1, 0.15) is 0 Å². The number of anilines is 2. The molecule has 3 heteroatoms. The fraction of sp³-hybridized carbons (Fsp3) is 0.417. The Balaban J connectivity index is 3.07. The van der Waals surface area contributed by atoms with Crippen LogP contribution in [0.5, 0.6) is 0 Å². The maximum Gasteiger partial charge on any atom is 0.159 e. The number of Topliss-reactive ketones (excluding diaryl/α,β-unsaturated/α-hetero) is 1. The van der Waals surface area contributed by atoms with Crippen molar-refractivity contribution >= 4 is 17.2 Å². The number of hydrogen-bond donors (Lipinski definition) is 1. The molecule has 1 aromatic rings. The van der Waals surface area contributed by atoms with Gasteiger partial charge >= 0.3 is 0 Å². The zero-order valence-electron chi connectivity index (χ0n) is 9.58. The summed E-state index contributed by atoms with van der Waals surface area (Å²) in [5.74, 6) is 0.0489. The number of hydrogen-bond acceptors (Lipinski definition) is 3. The molecule has 0 bridgehead atoms. The topological polar surface area (TPSA) is 46.3 Å². The van der Waals surface area contributed by atoms with Crippen molar-refractivity contribution in [2.75, 3.05) is 23.7 Å². The van der Waals surface area contributed by atoms with Crippen molar-refractivity contribution in [2.24, 2.45) is 0 Å². The Kier molecular flexibility index (Phi) is 3.72. The molecular weight excluding hydrogens is 188 g/mol. The quantitative estimate of drug-likeness (QED) is 0.607. The van der Waals surface area contributed by atoms with Crippen LogP contribution in [-0.4, -0.2) is 18.9 Å². The Bertz CT molecular complexity index is 357. The lowest BCUT2D eigenvalue weighted by molar-refractivity contribution is 0.101. The molecule has 0 heterocycles. The lowest BCUT2D eigenvalue weighted by Gasteiger charge is -2.22. The molecule has 3 nitrogen and oxygen atoms in total. The van der Waals surface area contributed by atoms with Crippen LogP contribution in [0.3, 0.4) is 0 Å². The minimum atomic E-state index is 0.0489. The van der Waals surface area contributed by atoms with Gasteiger partial charge in [0.05, 0.1) is 11.4 Å². The summed E-state index contributed by atoms with van der Waals surface area (Å²) in [4.78, 5) is 13.3. The molecule has 1 aromatic carbocycles. The Morgan fingerprint density at radius 1 is 1.33 bits per heavy atom. The van der Waals surface area contributed by atoms with Gasteiger partial charge < -0.3 is 10.6 Å². The van der Waals surface area contributed by atoms with E-state index < -0.39 is 0 Å². The average Bonchev–Trinajstić information content (AvgIpc) is 2.21. The first-order valence-electron chi connectivity index (χ1n) is 5.25. The van der Waals surface area contributed by atoms with E-state index in [1.807, 2.05) is 12.1 Å². The second-order valence-corrected chi connectivity index (χ2v) is 3.50. The SMILES string of the molecule is CCN(CC)c1ccc(C(C)=O)cc1N. The van der Waals surface area contributed by atoms with E-state index in [0.29, 0.717) is 11.3 Å². The number of rotatable bonds is 4. The first kappa shape index (κ1) is 11.6. The summed E-state index contributed by atoms with van der Waals surface area (Å²) < 4.78 is 0. The molecule has 2 N–H and O–H groups in total. The summed E-state index contributed by atoms with van der Waals surface area (Å²) in [5, 5.41) is 0. The fourth-order valence-corrected chi connectivity index (χ4v) is 1.63. The zero-order valence-corrected chi connectivity index (χ0v) is 9.58. The zero-order chi connectivity index (χ0) is 11.4. The highest BCUT2D eigenvalue weighted by Gasteiger charge is 2.08. The van der Waals surface area contributed by atoms with Crippen LogP contribution in [0.25, 0.3) is 0 Å². The van der Waals surface area contributed by atoms with Gasteiger partial charge in [0.2, 0.25) is 0 Å². The highest BCUT2D eigenvalue weighted by Crippen LogP contribution is 2.24. The van der Waals surface area contributed by atoms with E-state index in [9.17, 15) is 4.79 Å². The van der Waals surface area contributed by atoms with Crippen molar-refractivity contribution in [3.8, 4) is 0 Å². The van der Waals surface area contributed by atoms with Crippen LogP contribution in [-0.2, 0) is 0 Å². The molecule has 0 aliphatic rings. The van der Waals surface area contributed by atoms with E-state index in [4.69, 9.17) is 5.73 Å². The number of carbonyl (C=O) groups is 1. The largest absolute Gasteiger partial charge is 0.397 e. The summed E-state index contributed by atoms with van der Waals surface area (Å²) in [6.07, 6.45) is 0. The third-order valence-electron chi connectivity index (χ3n) is 2.54. The number of carbonyl (C=O) groups excluding carboxylic acids is 1. The fourth-order valence-electron chi connectivity index (χ4n) is 1.63. The van der Waals surface area contributed by atoms with Gasteiger partial charge in [0.15, 0.2) is 5.78 Å². The summed E-state index contributed by atoms with van der Waals surface area (Å²) >= 11 is 0. The number of nitrogens with zero attached hydrogens (tertiary/aromatic N) is 1. The Morgan fingerprint density at radius 3 is 2.33 bits per heavy atom. The van der Waals surface area contributed by atoms with Crippen LogP contribution in [0.4, 0.5) is 11.4 Å². The van der Waals surface area contributed by atoms with E-state index in [1.165, 1.54) is 0 Å². The molecule has 0 saturated carbocycles. The third-order valence-corrected chi connectivity index (χ3v) is 2.54. The van der Waals surface area contributed by atoms with Gasteiger partial charge in [-0.25, -0.2) is 0 Å². The van der Waals surface area contributed by atoms with Gasteiger partial charge in [-0.1, -0.05) is 0 Å². The van der Waals surface area contributed by atoms with E-state index in [0.717, 1.165) is 18.8 Å². The molecule has 0 amide bonds. The Hall–Kier alpha value is -1.51.